The molecule has 0 saturated heterocycles. The van der Waals surface area contributed by atoms with Crippen molar-refractivity contribution < 1.29 is 9.84 Å². The van der Waals surface area contributed by atoms with Gasteiger partial charge in [0.2, 0.25) is 0 Å². The van der Waals surface area contributed by atoms with Gasteiger partial charge >= 0.3 is 0 Å². The van der Waals surface area contributed by atoms with Gasteiger partial charge in [-0.05, 0) is 33.2 Å². The lowest BCUT2D eigenvalue weighted by atomic mass is 10.1. The van der Waals surface area contributed by atoms with E-state index in [0.29, 0.717) is 6.61 Å². The van der Waals surface area contributed by atoms with Crippen LogP contribution >= 0.6 is 15.9 Å². The van der Waals surface area contributed by atoms with Gasteiger partial charge in [0, 0.05) is 16.6 Å². The molecular weight excluding hydrogens is 270 g/mol. The topological polar surface area (TPSA) is 32.7 Å². The first-order chi connectivity index (χ1) is 7.50. The molecule has 90 valence electrons. The largest absolute Gasteiger partial charge is 0.492 e. The van der Waals surface area contributed by atoms with Crippen LogP contribution in [0.5, 0.6) is 5.75 Å². The van der Waals surface area contributed by atoms with Crippen LogP contribution in [0.1, 0.15) is 18.6 Å². The van der Waals surface area contributed by atoms with E-state index in [0.717, 1.165) is 22.3 Å². The quantitative estimate of drug-likeness (QED) is 0.903. The molecule has 1 aromatic rings. The Morgan fingerprint density at radius 2 is 2.12 bits per heavy atom. The van der Waals surface area contributed by atoms with Gasteiger partial charge in [0.05, 0.1) is 6.10 Å². The summed E-state index contributed by atoms with van der Waals surface area (Å²) in [7, 11) is 4.00. The first kappa shape index (κ1) is 13.5. The third kappa shape index (κ3) is 4.12. The lowest BCUT2D eigenvalue weighted by Crippen LogP contribution is -2.19. The van der Waals surface area contributed by atoms with Crippen molar-refractivity contribution in [3.05, 3.63) is 28.2 Å². The van der Waals surface area contributed by atoms with Crippen LogP contribution in [0.2, 0.25) is 0 Å². The fraction of sp³-hybridized carbons (Fsp3) is 0.500. The molecule has 0 saturated carbocycles. The SMILES string of the molecule is C[C@H](O)c1ccc(Br)cc1OCCN(C)C. The molecule has 1 N–H and O–H groups in total. The summed E-state index contributed by atoms with van der Waals surface area (Å²) in [6.07, 6.45) is -0.512. The minimum atomic E-state index is -0.512. The van der Waals surface area contributed by atoms with Crippen molar-refractivity contribution in [1.82, 2.24) is 4.90 Å². The molecule has 0 fully saturated rings. The summed E-state index contributed by atoms with van der Waals surface area (Å²) < 4.78 is 6.61. The van der Waals surface area contributed by atoms with Gasteiger partial charge in [-0.15, -0.1) is 0 Å². The second-order valence-electron chi connectivity index (χ2n) is 4.01. The molecule has 0 aliphatic rings. The number of benzene rings is 1. The van der Waals surface area contributed by atoms with E-state index in [1.165, 1.54) is 0 Å². The zero-order valence-electron chi connectivity index (χ0n) is 9.90. The minimum Gasteiger partial charge on any atom is -0.492 e. The molecule has 0 aliphatic heterocycles. The fourth-order valence-electron chi connectivity index (χ4n) is 1.32. The van der Waals surface area contributed by atoms with Crippen LogP contribution in [0.25, 0.3) is 0 Å². The van der Waals surface area contributed by atoms with Crippen LogP contribution < -0.4 is 4.74 Å². The maximum atomic E-state index is 9.60. The highest BCUT2D eigenvalue weighted by atomic mass is 79.9. The number of aliphatic hydroxyl groups excluding tert-OH is 1. The van der Waals surface area contributed by atoms with E-state index in [9.17, 15) is 5.11 Å². The van der Waals surface area contributed by atoms with Crippen molar-refractivity contribution in [3.8, 4) is 5.75 Å². The molecule has 1 rings (SSSR count). The Bertz CT molecular complexity index is 340. The summed E-state index contributed by atoms with van der Waals surface area (Å²) in [6, 6.07) is 5.66. The number of aliphatic hydroxyl groups is 1. The van der Waals surface area contributed by atoms with Crippen molar-refractivity contribution in [2.45, 2.75) is 13.0 Å². The van der Waals surface area contributed by atoms with Gasteiger partial charge in [0.1, 0.15) is 12.4 Å². The van der Waals surface area contributed by atoms with Crippen molar-refractivity contribution >= 4 is 15.9 Å². The highest BCUT2D eigenvalue weighted by Crippen LogP contribution is 2.28. The third-order valence-corrected chi connectivity index (χ3v) is 2.72. The number of halogens is 1. The molecule has 0 aromatic heterocycles. The lowest BCUT2D eigenvalue weighted by molar-refractivity contribution is 0.188. The standard InChI is InChI=1S/C12H18BrNO2/c1-9(15)11-5-4-10(13)8-12(11)16-7-6-14(2)3/h4-5,8-9,15H,6-7H2,1-3H3/t9-/m0/s1. The summed E-state index contributed by atoms with van der Waals surface area (Å²) in [4.78, 5) is 2.06. The summed E-state index contributed by atoms with van der Waals surface area (Å²) in [6.45, 7) is 3.21. The number of rotatable bonds is 5. The molecular formula is C12H18BrNO2. The maximum absolute atomic E-state index is 9.60. The second kappa shape index (κ2) is 6.23. The number of likely N-dealkylation sites (N-methyl/N-ethyl adjacent to an activating group) is 1. The molecule has 0 radical (unpaired) electrons. The van der Waals surface area contributed by atoms with Crippen LogP contribution in [0.4, 0.5) is 0 Å². The summed E-state index contributed by atoms with van der Waals surface area (Å²) >= 11 is 3.39. The molecule has 0 amide bonds. The van der Waals surface area contributed by atoms with Gasteiger partial charge in [0.25, 0.3) is 0 Å². The van der Waals surface area contributed by atoms with E-state index in [1.54, 1.807) is 6.92 Å². The average molecular weight is 288 g/mol. The van der Waals surface area contributed by atoms with Crippen molar-refractivity contribution in [2.24, 2.45) is 0 Å². The van der Waals surface area contributed by atoms with Crippen LogP contribution in [-0.4, -0.2) is 37.3 Å². The van der Waals surface area contributed by atoms with Gasteiger partial charge in [-0.3, -0.25) is 0 Å². The highest BCUT2D eigenvalue weighted by Gasteiger charge is 2.09. The molecule has 1 atom stereocenters. The number of nitrogens with zero attached hydrogens (tertiary/aromatic N) is 1. The van der Waals surface area contributed by atoms with E-state index in [-0.39, 0.29) is 0 Å². The molecule has 3 nitrogen and oxygen atoms in total. The Morgan fingerprint density at radius 3 is 2.69 bits per heavy atom. The Balaban J connectivity index is 2.72. The zero-order valence-corrected chi connectivity index (χ0v) is 11.5. The van der Waals surface area contributed by atoms with E-state index in [4.69, 9.17) is 4.74 Å². The Morgan fingerprint density at radius 1 is 1.44 bits per heavy atom. The van der Waals surface area contributed by atoms with Gasteiger partial charge in [-0.25, -0.2) is 0 Å². The van der Waals surface area contributed by atoms with Crippen molar-refractivity contribution in [1.29, 1.82) is 0 Å². The average Bonchev–Trinajstić information content (AvgIpc) is 2.16. The summed E-state index contributed by atoms with van der Waals surface area (Å²) in [5, 5.41) is 9.60. The first-order valence-corrected chi connectivity index (χ1v) is 6.05. The van der Waals surface area contributed by atoms with Gasteiger partial charge in [-0.2, -0.15) is 0 Å². The van der Waals surface area contributed by atoms with E-state index >= 15 is 0 Å². The highest BCUT2D eigenvalue weighted by molar-refractivity contribution is 9.10. The molecule has 4 heteroatoms. The molecule has 0 heterocycles. The molecule has 1 aromatic carbocycles. The van der Waals surface area contributed by atoms with Crippen LogP contribution in [0.15, 0.2) is 22.7 Å². The van der Waals surface area contributed by atoms with E-state index in [2.05, 4.69) is 20.8 Å². The Kier molecular flexibility index (Phi) is 5.25. The maximum Gasteiger partial charge on any atom is 0.126 e. The second-order valence-corrected chi connectivity index (χ2v) is 4.93. The Labute approximate surface area is 105 Å². The molecule has 0 spiro atoms. The summed E-state index contributed by atoms with van der Waals surface area (Å²) in [5.41, 5.74) is 0.821. The molecule has 0 bridgehead atoms. The lowest BCUT2D eigenvalue weighted by Gasteiger charge is -2.15. The first-order valence-electron chi connectivity index (χ1n) is 5.25. The summed E-state index contributed by atoms with van der Waals surface area (Å²) in [5.74, 6) is 0.742. The normalized spacial score (nSPS) is 12.9. The van der Waals surface area contributed by atoms with E-state index < -0.39 is 6.10 Å². The zero-order chi connectivity index (χ0) is 12.1. The smallest absolute Gasteiger partial charge is 0.126 e. The molecule has 16 heavy (non-hydrogen) atoms. The van der Waals surface area contributed by atoms with Crippen LogP contribution in [-0.2, 0) is 0 Å². The van der Waals surface area contributed by atoms with Crippen LogP contribution in [0, 0.1) is 0 Å². The monoisotopic (exact) mass is 287 g/mol. The van der Waals surface area contributed by atoms with Gasteiger partial charge < -0.3 is 14.7 Å². The molecule has 0 aliphatic carbocycles. The Hall–Kier alpha value is -0.580. The van der Waals surface area contributed by atoms with E-state index in [1.807, 2.05) is 32.3 Å². The molecule has 0 unspecified atom stereocenters. The number of hydrogen-bond acceptors (Lipinski definition) is 3. The van der Waals surface area contributed by atoms with Crippen molar-refractivity contribution in [2.75, 3.05) is 27.2 Å². The number of ether oxygens (including phenoxy) is 1. The minimum absolute atomic E-state index is 0.512. The third-order valence-electron chi connectivity index (χ3n) is 2.22. The number of hydrogen-bond donors (Lipinski definition) is 1. The van der Waals surface area contributed by atoms with Gasteiger partial charge in [-0.1, -0.05) is 22.0 Å². The predicted octanol–water partition coefficient (Wildman–Crippen LogP) is 2.44. The van der Waals surface area contributed by atoms with Crippen LogP contribution in [0.3, 0.4) is 0 Å². The fourth-order valence-corrected chi connectivity index (χ4v) is 1.66. The van der Waals surface area contributed by atoms with Gasteiger partial charge in [0.15, 0.2) is 0 Å². The predicted molar refractivity (Wildman–Crippen MR) is 68.8 cm³/mol. The van der Waals surface area contributed by atoms with Crippen molar-refractivity contribution in [3.63, 3.8) is 0 Å².